The van der Waals surface area contributed by atoms with Gasteiger partial charge in [0.2, 0.25) is 5.91 Å². The molecule has 2 amide bonds. The Morgan fingerprint density at radius 1 is 1.25 bits per heavy atom. The van der Waals surface area contributed by atoms with Gasteiger partial charge in [0.25, 0.3) is 11.6 Å². The fraction of sp³-hybridized carbons (Fsp3) is 0.318. The normalized spacial score (nSPS) is 14.1. The molecule has 0 spiro atoms. The highest BCUT2D eigenvalue weighted by Gasteiger charge is 2.23. The lowest BCUT2D eigenvalue weighted by atomic mass is 10.1. The minimum absolute atomic E-state index is 0.0832. The number of nitro benzene ring substituents is 1. The first-order valence-electron chi connectivity index (χ1n) is 9.99. The molecule has 2 aromatic rings. The Morgan fingerprint density at radius 2 is 2.03 bits per heavy atom. The first-order valence-corrected chi connectivity index (χ1v) is 9.99. The fourth-order valence-electron chi connectivity index (χ4n) is 3.31. The van der Waals surface area contributed by atoms with Crippen molar-refractivity contribution in [3.05, 3.63) is 63.7 Å². The van der Waals surface area contributed by atoms with Gasteiger partial charge in [0.1, 0.15) is 5.75 Å². The summed E-state index contributed by atoms with van der Waals surface area (Å²) in [6.07, 6.45) is 0.182. The number of carbonyl (C=O) groups is 3. The average molecular weight is 441 g/mol. The molecule has 1 aliphatic rings. The summed E-state index contributed by atoms with van der Waals surface area (Å²) in [6, 6.07) is 10.5. The predicted molar refractivity (Wildman–Crippen MR) is 114 cm³/mol. The fourth-order valence-corrected chi connectivity index (χ4v) is 3.31. The maximum atomic E-state index is 12.5. The summed E-state index contributed by atoms with van der Waals surface area (Å²) in [5.74, 6) is -1.06. The number of esters is 1. The van der Waals surface area contributed by atoms with E-state index in [2.05, 4.69) is 5.32 Å². The van der Waals surface area contributed by atoms with Gasteiger partial charge in [0.15, 0.2) is 6.10 Å². The van der Waals surface area contributed by atoms with Crippen LogP contribution >= 0.6 is 0 Å². The molecule has 0 aliphatic carbocycles. The van der Waals surface area contributed by atoms with Crippen LogP contribution in [0.1, 0.15) is 35.7 Å². The minimum Gasteiger partial charge on any atom is -0.495 e. The van der Waals surface area contributed by atoms with Gasteiger partial charge in [-0.1, -0.05) is 12.1 Å². The molecule has 1 N–H and O–H groups in total. The summed E-state index contributed by atoms with van der Waals surface area (Å²) in [5.41, 5.74) is 0.904. The SMILES string of the molecule is COc1ccc([N+](=O)[O-])cc1NC(=O)C(C)OC(=O)c1cccc(CN2CCCC2=O)c1. The number of likely N-dealkylation sites (tertiary alicyclic amines) is 1. The molecule has 0 aromatic heterocycles. The third-order valence-corrected chi connectivity index (χ3v) is 5.01. The third kappa shape index (κ3) is 5.39. The number of hydrogen-bond acceptors (Lipinski definition) is 7. The number of amides is 2. The molecule has 2 aromatic carbocycles. The highest BCUT2D eigenvalue weighted by molar-refractivity contribution is 5.98. The largest absolute Gasteiger partial charge is 0.495 e. The lowest BCUT2D eigenvalue weighted by Crippen LogP contribution is -2.30. The number of anilines is 1. The van der Waals surface area contributed by atoms with Crippen LogP contribution in [0.4, 0.5) is 11.4 Å². The maximum absolute atomic E-state index is 12.5. The van der Waals surface area contributed by atoms with E-state index in [1.807, 2.05) is 6.07 Å². The molecule has 32 heavy (non-hydrogen) atoms. The van der Waals surface area contributed by atoms with Crippen LogP contribution in [0.2, 0.25) is 0 Å². The Morgan fingerprint density at radius 3 is 2.69 bits per heavy atom. The third-order valence-electron chi connectivity index (χ3n) is 5.01. The van der Waals surface area contributed by atoms with E-state index < -0.39 is 22.9 Å². The number of nitrogens with one attached hydrogen (secondary N) is 1. The Kier molecular flexibility index (Phi) is 7.04. The van der Waals surface area contributed by atoms with Crippen molar-refractivity contribution in [1.29, 1.82) is 0 Å². The van der Waals surface area contributed by atoms with Crippen LogP contribution in [0.15, 0.2) is 42.5 Å². The van der Waals surface area contributed by atoms with E-state index in [9.17, 15) is 24.5 Å². The van der Waals surface area contributed by atoms with Crippen LogP contribution in [0.3, 0.4) is 0 Å². The zero-order chi connectivity index (χ0) is 23.3. The molecule has 10 heteroatoms. The quantitative estimate of drug-likeness (QED) is 0.379. The van der Waals surface area contributed by atoms with E-state index in [4.69, 9.17) is 9.47 Å². The molecule has 1 atom stereocenters. The average Bonchev–Trinajstić information content (AvgIpc) is 3.17. The molecule has 1 fully saturated rings. The van der Waals surface area contributed by atoms with Crippen LogP contribution in [0.5, 0.6) is 5.75 Å². The van der Waals surface area contributed by atoms with E-state index in [0.717, 1.165) is 18.1 Å². The number of hydrogen-bond donors (Lipinski definition) is 1. The number of nitrogens with zero attached hydrogens (tertiary/aromatic N) is 2. The summed E-state index contributed by atoms with van der Waals surface area (Å²) in [5, 5.41) is 13.5. The topological polar surface area (TPSA) is 128 Å². The zero-order valence-electron chi connectivity index (χ0n) is 17.7. The lowest BCUT2D eigenvalue weighted by molar-refractivity contribution is -0.384. The molecule has 1 heterocycles. The molecule has 3 rings (SSSR count). The molecule has 1 unspecified atom stereocenters. The van der Waals surface area contributed by atoms with Crippen molar-refractivity contribution in [2.75, 3.05) is 19.0 Å². The van der Waals surface area contributed by atoms with Crippen molar-refractivity contribution >= 4 is 29.2 Å². The number of carbonyl (C=O) groups excluding carboxylic acids is 3. The molecule has 10 nitrogen and oxygen atoms in total. The lowest BCUT2D eigenvalue weighted by Gasteiger charge is -2.17. The van der Waals surface area contributed by atoms with E-state index in [1.165, 1.54) is 26.2 Å². The van der Waals surface area contributed by atoms with Gasteiger partial charge in [0, 0.05) is 31.6 Å². The van der Waals surface area contributed by atoms with Crippen molar-refractivity contribution in [2.45, 2.75) is 32.4 Å². The summed E-state index contributed by atoms with van der Waals surface area (Å²) in [6.45, 7) is 2.48. The molecule has 0 radical (unpaired) electrons. The summed E-state index contributed by atoms with van der Waals surface area (Å²) < 4.78 is 10.4. The first kappa shape index (κ1) is 22.7. The van der Waals surface area contributed by atoms with Crippen LogP contribution in [0, 0.1) is 10.1 Å². The zero-order valence-corrected chi connectivity index (χ0v) is 17.7. The van der Waals surface area contributed by atoms with Crippen LogP contribution < -0.4 is 10.1 Å². The second kappa shape index (κ2) is 9.90. The smallest absolute Gasteiger partial charge is 0.338 e. The molecule has 0 bridgehead atoms. The van der Waals surface area contributed by atoms with Gasteiger partial charge in [0.05, 0.1) is 23.3 Å². The van der Waals surface area contributed by atoms with Gasteiger partial charge < -0.3 is 19.7 Å². The Labute approximate surface area is 184 Å². The second-order valence-corrected chi connectivity index (χ2v) is 7.30. The van der Waals surface area contributed by atoms with E-state index >= 15 is 0 Å². The Balaban J connectivity index is 1.65. The number of rotatable bonds is 8. The summed E-state index contributed by atoms with van der Waals surface area (Å²) in [7, 11) is 1.36. The molecule has 1 aliphatic heterocycles. The second-order valence-electron chi connectivity index (χ2n) is 7.30. The first-order chi connectivity index (χ1) is 15.3. The van der Waals surface area contributed by atoms with Gasteiger partial charge in [-0.05, 0) is 37.1 Å². The van der Waals surface area contributed by atoms with Gasteiger partial charge in [-0.15, -0.1) is 0 Å². The molecule has 0 saturated carbocycles. The van der Waals surface area contributed by atoms with E-state index in [0.29, 0.717) is 19.5 Å². The van der Waals surface area contributed by atoms with Crippen molar-refractivity contribution in [1.82, 2.24) is 4.90 Å². The van der Waals surface area contributed by atoms with E-state index in [1.54, 1.807) is 23.1 Å². The Hall–Kier alpha value is -3.95. The van der Waals surface area contributed by atoms with Gasteiger partial charge in [-0.2, -0.15) is 0 Å². The van der Waals surface area contributed by atoms with Crippen LogP contribution in [-0.2, 0) is 20.9 Å². The number of nitro groups is 1. The van der Waals surface area contributed by atoms with E-state index in [-0.39, 0.29) is 28.6 Å². The van der Waals surface area contributed by atoms with Gasteiger partial charge in [-0.3, -0.25) is 19.7 Å². The number of non-ortho nitro benzene ring substituents is 1. The van der Waals surface area contributed by atoms with Crippen LogP contribution in [0.25, 0.3) is 0 Å². The van der Waals surface area contributed by atoms with Crippen molar-refractivity contribution < 1.29 is 28.8 Å². The summed E-state index contributed by atoms with van der Waals surface area (Å²) >= 11 is 0. The number of benzene rings is 2. The van der Waals surface area contributed by atoms with Crippen molar-refractivity contribution in [2.24, 2.45) is 0 Å². The number of methoxy groups -OCH3 is 1. The van der Waals surface area contributed by atoms with Gasteiger partial charge in [-0.25, -0.2) is 4.79 Å². The minimum atomic E-state index is -1.17. The molecular formula is C22H23N3O7. The van der Waals surface area contributed by atoms with Crippen molar-refractivity contribution in [3.63, 3.8) is 0 Å². The standard InChI is InChI=1S/C22H23N3O7/c1-14(21(27)23-18-12-17(25(29)30)8-9-19(18)31-2)32-22(28)16-6-3-5-15(11-16)13-24-10-4-7-20(24)26/h3,5-6,8-9,11-12,14H,4,7,10,13H2,1-2H3,(H,23,27). The maximum Gasteiger partial charge on any atom is 0.338 e. The monoisotopic (exact) mass is 441 g/mol. The molecule has 1 saturated heterocycles. The summed E-state index contributed by atoms with van der Waals surface area (Å²) in [4.78, 5) is 49.0. The molecule has 168 valence electrons. The highest BCUT2D eigenvalue weighted by Crippen LogP contribution is 2.29. The van der Waals surface area contributed by atoms with Crippen LogP contribution in [-0.4, -0.2) is 47.4 Å². The van der Waals surface area contributed by atoms with Gasteiger partial charge >= 0.3 is 5.97 Å². The number of ether oxygens (including phenoxy) is 2. The molecular weight excluding hydrogens is 418 g/mol. The highest BCUT2D eigenvalue weighted by atomic mass is 16.6. The van der Waals surface area contributed by atoms with Crippen molar-refractivity contribution in [3.8, 4) is 5.75 Å². The Bertz CT molecular complexity index is 1050. The predicted octanol–water partition coefficient (Wildman–Crippen LogP) is 2.91.